The molecule has 3 aromatic rings. The lowest BCUT2D eigenvalue weighted by Gasteiger charge is -2.14. The summed E-state index contributed by atoms with van der Waals surface area (Å²) in [5, 5.41) is 5.05. The molecule has 2 amide bonds. The van der Waals surface area contributed by atoms with E-state index in [4.69, 9.17) is 4.99 Å². The van der Waals surface area contributed by atoms with Crippen LogP contribution in [-0.4, -0.2) is 33.7 Å². The highest BCUT2D eigenvalue weighted by atomic mass is 32.2. The van der Waals surface area contributed by atoms with Crippen molar-refractivity contribution in [3.8, 4) is 0 Å². The number of carbonyl (C=O) groups is 2. The van der Waals surface area contributed by atoms with Gasteiger partial charge in [0.2, 0.25) is 11.8 Å². The number of thioether (sulfide) groups is 1. The summed E-state index contributed by atoms with van der Waals surface area (Å²) in [6, 6.07) is 21.5. The minimum atomic E-state index is -0.515. The van der Waals surface area contributed by atoms with Gasteiger partial charge in [-0.15, -0.1) is 6.58 Å². The topological polar surface area (TPSA) is 61.8 Å². The number of aliphatic imine (C=N–C) groups is 1. The van der Waals surface area contributed by atoms with Gasteiger partial charge in [0, 0.05) is 24.0 Å². The van der Waals surface area contributed by atoms with Gasteiger partial charge < -0.3 is 5.32 Å². The summed E-state index contributed by atoms with van der Waals surface area (Å²) in [5.74, 6) is -0.317. The van der Waals surface area contributed by atoms with Gasteiger partial charge in [0.1, 0.15) is 5.25 Å². The Morgan fingerprint density at radius 1 is 1.13 bits per heavy atom. The Morgan fingerprint density at radius 2 is 1.87 bits per heavy atom. The van der Waals surface area contributed by atoms with Crippen molar-refractivity contribution in [3.05, 3.63) is 84.9 Å². The van der Waals surface area contributed by atoms with Crippen LogP contribution in [-0.2, 0) is 9.59 Å². The molecule has 1 atom stereocenters. The van der Waals surface area contributed by atoms with Crippen molar-refractivity contribution in [2.24, 2.45) is 4.99 Å². The Labute approximate surface area is 185 Å². The predicted molar refractivity (Wildman–Crippen MR) is 129 cm³/mol. The molecule has 0 radical (unpaired) electrons. The number of rotatable bonds is 6. The zero-order valence-electron chi connectivity index (χ0n) is 17.2. The second-order valence-corrected chi connectivity index (χ2v) is 8.52. The van der Waals surface area contributed by atoms with Gasteiger partial charge in [-0.3, -0.25) is 14.5 Å². The molecule has 5 nitrogen and oxygen atoms in total. The Hall–Kier alpha value is -3.38. The fourth-order valence-corrected chi connectivity index (χ4v) is 4.61. The number of hydrogen-bond acceptors (Lipinski definition) is 4. The quantitative estimate of drug-likeness (QED) is 0.541. The van der Waals surface area contributed by atoms with E-state index in [1.807, 2.05) is 73.7 Å². The minimum absolute atomic E-state index is 0.0829. The van der Waals surface area contributed by atoms with E-state index in [2.05, 4.69) is 11.9 Å². The monoisotopic (exact) mass is 429 g/mol. The van der Waals surface area contributed by atoms with Crippen LogP contribution >= 0.6 is 11.8 Å². The molecule has 0 aromatic heterocycles. The maximum atomic E-state index is 13.0. The smallest absolute Gasteiger partial charge is 0.242 e. The van der Waals surface area contributed by atoms with Gasteiger partial charge in [0.25, 0.3) is 0 Å². The molecule has 0 unspecified atom stereocenters. The van der Waals surface area contributed by atoms with E-state index in [-0.39, 0.29) is 18.2 Å². The van der Waals surface area contributed by atoms with Gasteiger partial charge in [-0.25, -0.2) is 4.99 Å². The zero-order chi connectivity index (χ0) is 21.8. The second kappa shape index (κ2) is 9.18. The van der Waals surface area contributed by atoms with E-state index in [0.717, 1.165) is 27.7 Å². The van der Waals surface area contributed by atoms with Crippen LogP contribution in [0.25, 0.3) is 10.8 Å². The van der Waals surface area contributed by atoms with Crippen LogP contribution in [0.3, 0.4) is 0 Å². The van der Waals surface area contributed by atoms with Gasteiger partial charge >= 0.3 is 0 Å². The first kappa shape index (κ1) is 20.9. The molecule has 0 bridgehead atoms. The van der Waals surface area contributed by atoms with Gasteiger partial charge in [-0.1, -0.05) is 71.9 Å². The summed E-state index contributed by atoms with van der Waals surface area (Å²) in [6.45, 7) is 6.10. The third kappa shape index (κ3) is 4.70. The Kier molecular flexibility index (Phi) is 6.18. The summed E-state index contributed by atoms with van der Waals surface area (Å²) in [5.41, 5.74) is 2.64. The maximum Gasteiger partial charge on any atom is 0.242 e. The largest absolute Gasteiger partial charge is 0.326 e. The van der Waals surface area contributed by atoms with Crippen molar-refractivity contribution in [3.63, 3.8) is 0 Å². The Morgan fingerprint density at radius 3 is 2.65 bits per heavy atom. The van der Waals surface area contributed by atoms with E-state index in [1.165, 1.54) is 11.8 Å². The number of amides is 2. The number of anilines is 1. The third-order valence-corrected chi connectivity index (χ3v) is 6.20. The Balaban J connectivity index is 1.55. The van der Waals surface area contributed by atoms with Gasteiger partial charge in [0.05, 0.1) is 5.69 Å². The summed E-state index contributed by atoms with van der Waals surface area (Å²) in [7, 11) is 0. The van der Waals surface area contributed by atoms with Crippen molar-refractivity contribution >= 4 is 50.9 Å². The molecule has 1 N–H and O–H groups in total. The highest BCUT2D eigenvalue weighted by Gasteiger charge is 2.38. The van der Waals surface area contributed by atoms with E-state index in [0.29, 0.717) is 11.7 Å². The average Bonchev–Trinajstić information content (AvgIpc) is 3.05. The molecule has 6 heteroatoms. The number of nitrogens with zero attached hydrogens (tertiary/aromatic N) is 2. The number of fused-ring (bicyclic) bond motifs is 1. The summed E-state index contributed by atoms with van der Waals surface area (Å²) < 4.78 is 0. The van der Waals surface area contributed by atoms with Crippen molar-refractivity contribution in [2.45, 2.75) is 18.6 Å². The van der Waals surface area contributed by atoms with Gasteiger partial charge in [-0.05, 0) is 30.5 Å². The van der Waals surface area contributed by atoms with E-state index in [9.17, 15) is 9.59 Å². The van der Waals surface area contributed by atoms with Gasteiger partial charge in [0.15, 0.2) is 5.17 Å². The van der Waals surface area contributed by atoms with Crippen LogP contribution in [0.15, 0.2) is 84.4 Å². The van der Waals surface area contributed by atoms with E-state index >= 15 is 0 Å². The number of amidine groups is 1. The number of carbonyl (C=O) groups excluding carboxylic acids is 2. The number of benzene rings is 3. The fourth-order valence-electron chi connectivity index (χ4n) is 3.45. The molecule has 31 heavy (non-hydrogen) atoms. The van der Waals surface area contributed by atoms with Crippen LogP contribution in [0.4, 0.5) is 11.4 Å². The molecule has 1 saturated heterocycles. The Bertz CT molecular complexity index is 1170. The van der Waals surface area contributed by atoms with Gasteiger partial charge in [-0.2, -0.15) is 0 Å². The number of aryl methyl sites for hydroxylation is 1. The third-order valence-electron chi connectivity index (χ3n) is 5.02. The molecular formula is C25H23N3O2S. The lowest BCUT2D eigenvalue weighted by molar-refractivity contribution is -0.127. The van der Waals surface area contributed by atoms with Crippen molar-refractivity contribution in [1.82, 2.24) is 4.90 Å². The predicted octanol–water partition coefficient (Wildman–Crippen LogP) is 5.29. The molecule has 1 fully saturated rings. The summed E-state index contributed by atoms with van der Waals surface area (Å²) in [4.78, 5) is 31.9. The molecule has 1 heterocycles. The lowest BCUT2D eigenvalue weighted by atomic mass is 10.1. The number of nitrogens with one attached hydrogen (secondary N) is 1. The molecule has 4 rings (SSSR count). The first-order valence-corrected chi connectivity index (χ1v) is 10.9. The van der Waals surface area contributed by atoms with Crippen molar-refractivity contribution in [2.75, 3.05) is 11.9 Å². The highest BCUT2D eigenvalue weighted by Crippen LogP contribution is 2.34. The molecular weight excluding hydrogens is 406 g/mol. The molecule has 156 valence electrons. The summed E-state index contributed by atoms with van der Waals surface area (Å²) >= 11 is 1.33. The minimum Gasteiger partial charge on any atom is -0.326 e. The van der Waals surface area contributed by atoms with Crippen LogP contribution in [0.2, 0.25) is 0 Å². The summed E-state index contributed by atoms with van der Waals surface area (Å²) in [6.07, 6.45) is 1.76. The van der Waals surface area contributed by atoms with E-state index < -0.39 is 5.25 Å². The van der Waals surface area contributed by atoms with Crippen LogP contribution in [0.1, 0.15) is 12.0 Å². The zero-order valence-corrected chi connectivity index (χ0v) is 18.1. The molecule has 0 aliphatic carbocycles. The highest BCUT2D eigenvalue weighted by molar-refractivity contribution is 8.15. The second-order valence-electron chi connectivity index (χ2n) is 7.35. The lowest BCUT2D eigenvalue weighted by Crippen LogP contribution is -2.33. The fraction of sp³-hybridized carbons (Fsp3) is 0.160. The molecule has 0 spiro atoms. The van der Waals surface area contributed by atoms with Crippen LogP contribution < -0.4 is 5.32 Å². The molecule has 1 aliphatic heterocycles. The van der Waals surface area contributed by atoms with Crippen molar-refractivity contribution < 1.29 is 9.59 Å². The normalized spacial score (nSPS) is 17.3. The standard InChI is InChI=1S/C25H23N3O2S/c1-3-15-28-24(30)22(16-23(29)26-19-13-11-17(2)12-14-19)31-25(28)27-21-10-6-8-18-7-4-5-9-20(18)21/h3-14,22H,1,15-16H2,2H3,(H,26,29)/t22-/m1/s1. The van der Waals surface area contributed by atoms with Crippen LogP contribution in [0.5, 0.6) is 0 Å². The molecule has 1 aliphatic rings. The average molecular weight is 430 g/mol. The van der Waals surface area contributed by atoms with Crippen LogP contribution in [0, 0.1) is 6.92 Å². The first-order chi connectivity index (χ1) is 15.0. The SMILES string of the molecule is C=CCN1C(=O)[C@@H](CC(=O)Nc2ccc(C)cc2)SC1=Nc1cccc2ccccc12. The first-order valence-electron chi connectivity index (χ1n) is 10.1. The molecule has 3 aromatic carbocycles. The maximum absolute atomic E-state index is 13.0. The number of hydrogen-bond donors (Lipinski definition) is 1. The molecule has 0 saturated carbocycles. The van der Waals surface area contributed by atoms with Crippen molar-refractivity contribution in [1.29, 1.82) is 0 Å². The van der Waals surface area contributed by atoms with E-state index in [1.54, 1.807) is 11.0 Å².